The molecule has 2 aromatic rings. The number of ether oxygens (including phenoxy) is 1. The number of hydrogen-bond acceptors (Lipinski definition) is 4. The lowest BCUT2D eigenvalue weighted by Gasteiger charge is -2.25. The average Bonchev–Trinajstić information content (AvgIpc) is 2.90. The molecule has 1 aromatic heterocycles. The van der Waals surface area contributed by atoms with E-state index in [0.717, 1.165) is 24.0 Å². The van der Waals surface area contributed by atoms with Crippen LogP contribution in [0.2, 0.25) is 0 Å². The number of aromatic nitrogens is 2. The smallest absolute Gasteiger partial charge is 0.261 e. The van der Waals surface area contributed by atoms with E-state index in [0.29, 0.717) is 23.3 Å². The molecule has 2 N–H and O–H groups in total. The van der Waals surface area contributed by atoms with Gasteiger partial charge < -0.3 is 10.5 Å². The van der Waals surface area contributed by atoms with Crippen molar-refractivity contribution in [1.29, 1.82) is 0 Å². The first-order valence-electron chi connectivity index (χ1n) is 7.75. The minimum absolute atomic E-state index is 0.0395. The molecular formula is C17H23N3O2. The number of nitrogens with two attached hydrogens (primary N) is 1. The summed E-state index contributed by atoms with van der Waals surface area (Å²) in [5.41, 5.74) is 8.20. The second-order valence-corrected chi connectivity index (χ2v) is 6.52. The second kappa shape index (κ2) is 5.18. The van der Waals surface area contributed by atoms with Crippen LogP contribution in [0.5, 0.6) is 0 Å². The van der Waals surface area contributed by atoms with E-state index in [1.165, 1.54) is 0 Å². The van der Waals surface area contributed by atoms with Gasteiger partial charge in [0.15, 0.2) is 0 Å². The maximum Gasteiger partial charge on any atom is 0.261 e. The summed E-state index contributed by atoms with van der Waals surface area (Å²) in [6.07, 6.45) is 1.86. The molecule has 1 saturated heterocycles. The van der Waals surface area contributed by atoms with Gasteiger partial charge in [0.2, 0.25) is 0 Å². The summed E-state index contributed by atoms with van der Waals surface area (Å²) in [4.78, 5) is 17.6. The highest BCUT2D eigenvalue weighted by Crippen LogP contribution is 2.35. The lowest BCUT2D eigenvalue weighted by atomic mass is 9.99. The molecular weight excluding hydrogens is 278 g/mol. The van der Waals surface area contributed by atoms with Crippen molar-refractivity contribution in [3.8, 4) is 0 Å². The van der Waals surface area contributed by atoms with Crippen molar-refractivity contribution in [3.05, 3.63) is 39.4 Å². The zero-order valence-electron chi connectivity index (χ0n) is 13.6. The van der Waals surface area contributed by atoms with Crippen LogP contribution in [0.3, 0.4) is 0 Å². The van der Waals surface area contributed by atoms with Gasteiger partial charge in [0.25, 0.3) is 5.56 Å². The molecule has 1 aliphatic rings. The first kappa shape index (κ1) is 15.2. The van der Waals surface area contributed by atoms with Gasteiger partial charge in [0.1, 0.15) is 11.4 Å². The second-order valence-electron chi connectivity index (χ2n) is 6.52. The van der Waals surface area contributed by atoms with E-state index in [1.54, 1.807) is 11.6 Å². The summed E-state index contributed by atoms with van der Waals surface area (Å²) in [7, 11) is 1.77. The van der Waals surface area contributed by atoms with Crippen molar-refractivity contribution in [3.63, 3.8) is 0 Å². The Bertz CT molecular complexity index is 787. The van der Waals surface area contributed by atoms with Crippen LogP contribution in [-0.2, 0) is 17.4 Å². The SMILES string of the molecule is Cc1cc([C@@H](C)N)c2nc(C3(C)CCCO3)n(C)c(=O)c2c1. The Hall–Kier alpha value is -1.72. The van der Waals surface area contributed by atoms with Gasteiger partial charge in [0, 0.05) is 19.7 Å². The van der Waals surface area contributed by atoms with Crippen molar-refractivity contribution in [1.82, 2.24) is 9.55 Å². The van der Waals surface area contributed by atoms with Gasteiger partial charge >= 0.3 is 0 Å². The largest absolute Gasteiger partial charge is 0.367 e. The molecule has 2 heterocycles. The highest BCUT2D eigenvalue weighted by atomic mass is 16.5. The maximum absolute atomic E-state index is 12.8. The Balaban J connectivity index is 2.37. The molecule has 0 bridgehead atoms. The minimum Gasteiger partial charge on any atom is -0.367 e. The summed E-state index contributed by atoms with van der Waals surface area (Å²) < 4.78 is 7.50. The van der Waals surface area contributed by atoms with E-state index in [9.17, 15) is 4.79 Å². The minimum atomic E-state index is -0.498. The molecule has 118 valence electrons. The van der Waals surface area contributed by atoms with Crippen molar-refractivity contribution in [2.75, 3.05) is 6.61 Å². The van der Waals surface area contributed by atoms with Crippen LogP contribution in [0.15, 0.2) is 16.9 Å². The zero-order chi connectivity index (χ0) is 16.1. The van der Waals surface area contributed by atoms with Crippen molar-refractivity contribution < 1.29 is 4.74 Å². The molecule has 5 heteroatoms. The van der Waals surface area contributed by atoms with Crippen LogP contribution in [0, 0.1) is 6.92 Å². The fourth-order valence-electron chi connectivity index (χ4n) is 3.33. The van der Waals surface area contributed by atoms with E-state index >= 15 is 0 Å². The van der Waals surface area contributed by atoms with Gasteiger partial charge in [-0.2, -0.15) is 0 Å². The molecule has 5 nitrogen and oxygen atoms in total. The number of aryl methyl sites for hydroxylation is 1. The highest BCUT2D eigenvalue weighted by molar-refractivity contribution is 5.82. The first-order chi connectivity index (χ1) is 10.3. The molecule has 1 aliphatic heterocycles. The number of benzene rings is 1. The Morgan fingerprint density at radius 1 is 1.45 bits per heavy atom. The number of hydrogen-bond donors (Lipinski definition) is 1. The topological polar surface area (TPSA) is 70.1 Å². The Morgan fingerprint density at radius 3 is 2.77 bits per heavy atom. The fraction of sp³-hybridized carbons (Fsp3) is 0.529. The van der Waals surface area contributed by atoms with Crippen LogP contribution < -0.4 is 11.3 Å². The molecule has 3 rings (SSSR count). The van der Waals surface area contributed by atoms with Gasteiger partial charge in [-0.25, -0.2) is 4.98 Å². The average molecular weight is 301 g/mol. The summed E-state index contributed by atoms with van der Waals surface area (Å²) >= 11 is 0. The summed E-state index contributed by atoms with van der Waals surface area (Å²) in [6.45, 7) is 6.60. The van der Waals surface area contributed by atoms with Crippen molar-refractivity contribution in [2.45, 2.75) is 45.3 Å². The molecule has 0 radical (unpaired) electrons. The van der Waals surface area contributed by atoms with E-state index in [4.69, 9.17) is 15.5 Å². The van der Waals surface area contributed by atoms with E-state index in [-0.39, 0.29) is 11.6 Å². The van der Waals surface area contributed by atoms with Crippen LogP contribution >= 0.6 is 0 Å². The number of nitrogens with zero attached hydrogens (tertiary/aromatic N) is 2. The Kier molecular flexibility index (Phi) is 3.57. The predicted octanol–water partition coefficient (Wildman–Crippen LogP) is 2.29. The standard InChI is InChI=1S/C17H23N3O2/c1-10-8-12(11(2)18)14-13(9-10)15(21)20(4)16(19-14)17(3)6-5-7-22-17/h8-9,11H,5-7,18H2,1-4H3/t11-,17?/m1/s1. The molecule has 0 amide bonds. The number of fused-ring (bicyclic) bond motifs is 1. The maximum atomic E-state index is 12.8. The van der Waals surface area contributed by atoms with Crippen LogP contribution in [-0.4, -0.2) is 16.2 Å². The molecule has 0 spiro atoms. The third kappa shape index (κ3) is 2.25. The molecule has 0 saturated carbocycles. The van der Waals surface area contributed by atoms with Crippen LogP contribution in [0.25, 0.3) is 10.9 Å². The van der Waals surface area contributed by atoms with Crippen molar-refractivity contribution in [2.24, 2.45) is 12.8 Å². The van der Waals surface area contributed by atoms with E-state index in [1.807, 2.05) is 32.9 Å². The molecule has 22 heavy (non-hydrogen) atoms. The highest BCUT2D eigenvalue weighted by Gasteiger charge is 2.36. The molecule has 1 fully saturated rings. The van der Waals surface area contributed by atoms with Crippen molar-refractivity contribution >= 4 is 10.9 Å². The quantitative estimate of drug-likeness (QED) is 0.924. The lowest BCUT2D eigenvalue weighted by molar-refractivity contribution is 0.00637. The summed E-state index contributed by atoms with van der Waals surface area (Å²) in [6, 6.07) is 3.73. The lowest BCUT2D eigenvalue weighted by Crippen LogP contribution is -2.33. The Morgan fingerprint density at radius 2 is 2.18 bits per heavy atom. The number of rotatable bonds is 2. The monoisotopic (exact) mass is 301 g/mol. The fourth-order valence-corrected chi connectivity index (χ4v) is 3.33. The summed E-state index contributed by atoms with van der Waals surface area (Å²) in [5.74, 6) is 0.688. The normalized spacial score (nSPS) is 23.1. The van der Waals surface area contributed by atoms with Gasteiger partial charge in [-0.15, -0.1) is 0 Å². The van der Waals surface area contributed by atoms with E-state index < -0.39 is 5.60 Å². The molecule has 1 unspecified atom stereocenters. The zero-order valence-corrected chi connectivity index (χ0v) is 13.6. The first-order valence-corrected chi connectivity index (χ1v) is 7.75. The summed E-state index contributed by atoms with van der Waals surface area (Å²) in [5, 5.41) is 0.625. The third-order valence-electron chi connectivity index (χ3n) is 4.54. The predicted molar refractivity (Wildman–Crippen MR) is 86.9 cm³/mol. The van der Waals surface area contributed by atoms with Crippen LogP contribution in [0.4, 0.5) is 0 Å². The Labute approximate surface area is 130 Å². The molecule has 1 aromatic carbocycles. The molecule has 0 aliphatic carbocycles. The van der Waals surface area contributed by atoms with Crippen LogP contribution in [0.1, 0.15) is 49.7 Å². The third-order valence-corrected chi connectivity index (χ3v) is 4.54. The van der Waals surface area contributed by atoms with Gasteiger partial charge in [-0.05, 0) is 50.8 Å². The van der Waals surface area contributed by atoms with Gasteiger partial charge in [0.05, 0.1) is 10.9 Å². The molecule has 2 atom stereocenters. The van der Waals surface area contributed by atoms with Gasteiger partial charge in [-0.1, -0.05) is 6.07 Å². The van der Waals surface area contributed by atoms with E-state index in [2.05, 4.69) is 0 Å². The van der Waals surface area contributed by atoms with Gasteiger partial charge in [-0.3, -0.25) is 9.36 Å².